The van der Waals surface area contributed by atoms with Gasteiger partial charge in [-0.3, -0.25) is 9.36 Å². The Morgan fingerprint density at radius 2 is 2.03 bits per heavy atom. The number of amides is 2. The van der Waals surface area contributed by atoms with Gasteiger partial charge in [0.1, 0.15) is 5.82 Å². The van der Waals surface area contributed by atoms with Gasteiger partial charge in [0.15, 0.2) is 0 Å². The van der Waals surface area contributed by atoms with E-state index in [-0.39, 0.29) is 23.7 Å². The van der Waals surface area contributed by atoms with Crippen molar-refractivity contribution in [3.63, 3.8) is 0 Å². The van der Waals surface area contributed by atoms with Gasteiger partial charge < -0.3 is 10.2 Å². The first-order valence-electron chi connectivity index (χ1n) is 11.2. The number of rotatable bonds is 7. The van der Waals surface area contributed by atoms with Crippen molar-refractivity contribution in [3.05, 3.63) is 39.4 Å². The van der Waals surface area contributed by atoms with E-state index < -0.39 is 0 Å². The van der Waals surface area contributed by atoms with Crippen LogP contribution < -0.4 is 10.9 Å². The van der Waals surface area contributed by atoms with Crippen LogP contribution in [0.15, 0.2) is 23.0 Å². The molecule has 1 unspecified atom stereocenters. The number of aromatic nitrogens is 2. The predicted octanol–water partition coefficient (Wildman–Crippen LogP) is 5.28. The van der Waals surface area contributed by atoms with Crippen LogP contribution in [0.2, 0.25) is 5.02 Å². The lowest BCUT2D eigenvalue weighted by Gasteiger charge is -2.33. The second-order valence-electron chi connectivity index (χ2n) is 8.19. The van der Waals surface area contributed by atoms with E-state index in [1.165, 1.54) is 6.42 Å². The number of hydrogen-bond acceptors (Lipinski definition) is 3. The molecule has 1 aromatic carbocycles. The molecule has 0 radical (unpaired) electrons. The quantitative estimate of drug-likeness (QED) is 0.647. The Labute approximate surface area is 183 Å². The summed E-state index contributed by atoms with van der Waals surface area (Å²) in [5, 5.41) is 4.31. The Morgan fingerprint density at radius 3 is 2.70 bits per heavy atom. The molecule has 1 saturated carbocycles. The third-order valence-electron chi connectivity index (χ3n) is 6.05. The van der Waals surface area contributed by atoms with Gasteiger partial charge in [0, 0.05) is 24.2 Å². The summed E-state index contributed by atoms with van der Waals surface area (Å²) in [5.41, 5.74) is 0.478. The van der Waals surface area contributed by atoms with Crippen molar-refractivity contribution in [1.82, 2.24) is 19.8 Å². The van der Waals surface area contributed by atoms with Gasteiger partial charge in [0.2, 0.25) is 0 Å². The minimum atomic E-state index is -0.323. The fourth-order valence-electron chi connectivity index (χ4n) is 4.28. The molecule has 1 aliphatic rings. The molecule has 2 amide bonds. The Bertz CT molecular complexity index is 937. The number of fused-ring (bicyclic) bond motifs is 1. The van der Waals surface area contributed by atoms with Gasteiger partial charge in [-0.2, -0.15) is 0 Å². The Balaban J connectivity index is 1.96. The highest BCUT2D eigenvalue weighted by molar-refractivity contribution is 6.31. The second kappa shape index (κ2) is 10.3. The van der Waals surface area contributed by atoms with Gasteiger partial charge in [-0.15, -0.1) is 0 Å². The van der Waals surface area contributed by atoms with E-state index in [0.29, 0.717) is 34.8 Å². The smallest absolute Gasteiger partial charge is 0.318 e. The van der Waals surface area contributed by atoms with Crippen molar-refractivity contribution in [2.24, 2.45) is 0 Å². The molecule has 3 rings (SSSR count). The first-order chi connectivity index (χ1) is 14.5. The Morgan fingerprint density at radius 1 is 1.30 bits per heavy atom. The molecule has 0 saturated heterocycles. The number of benzene rings is 1. The fourth-order valence-corrected chi connectivity index (χ4v) is 4.45. The maximum absolute atomic E-state index is 13.2. The third-order valence-corrected chi connectivity index (χ3v) is 6.29. The van der Waals surface area contributed by atoms with E-state index in [0.717, 1.165) is 38.5 Å². The van der Waals surface area contributed by atoms with Gasteiger partial charge in [-0.25, -0.2) is 9.78 Å². The number of hydrogen-bond donors (Lipinski definition) is 1. The summed E-state index contributed by atoms with van der Waals surface area (Å²) in [6.45, 7) is 7.12. The highest BCUT2D eigenvalue weighted by atomic mass is 35.5. The second-order valence-corrected chi connectivity index (χ2v) is 8.62. The number of carbonyl (C=O) groups is 1. The van der Waals surface area contributed by atoms with Crippen LogP contribution in [-0.4, -0.2) is 33.1 Å². The van der Waals surface area contributed by atoms with Crippen LogP contribution in [0.25, 0.3) is 10.9 Å². The minimum Gasteiger partial charge on any atom is -0.335 e. The normalized spacial score (nSPS) is 15.9. The van der Waals surface area contributed by atoms with Crippen LogP contribution in [0, 0.1) is 0 Å². The molecule has 0 bridgehead atoms. The molecular formula is C23H33ClN4O2. The van der Waals surface area contributed by atoms with Gasteiger partial charge in [0.05, 0.1) is 16.9 Å². The molecule has 1 N–H and O–H groups in total. The van der Waals surface area contributed by atoms with E-state index in [9.17, 15) is 9.59 Å². The number of nitrogens with zero attached hydrogens (tertiary/aromatic N) is 3. The number of unbranched alkanes of at least 4 members (excludes halogenated alkanes) is 1. The molecule has 30 heavy (non-hydrogen) atoms. The van der Waals surface area contributed by atoms with Crippen LogP contribution >= 0.6 is 11.6 Å². The van der Waals surface area contributed by atoms with Crippen molar-refractivity contribution in [2.45, 2.75) is 84.3 Å². The lowest BCUT2D eigenvalue weighted by molar-refractivity contribution is 0.166. The zero-order chi connectivity index (χ0) is 21.7. The summed E-state index contributed by atoms with van der Waals surface area (Å²) >= 11 is 6.14. The standard InChI is InChI=1S/C23H33ClN4O2/c1-4-6-14-28(23(30)25-18-10-8-7-9-11-18)16(3)21-26-20-15-17(24)12-13-19(20)22(29)27(21)5-2/h12-13,15-16,18H,4-11,14H2,1-3H3,(H,25,30). The fraction of sp³-hybridized carbons (Fsp3) is 0.609. The third kappa shape index (κ3) is 4.97. The average molecular weight is 433 g/mol. The van der Waals surface area contributed by atoms with Crippen LogP contribution in [0.5, 0.6) is 0 Å². The molecule has 2 aromatic rings. The molecule has 1 aliphatic carbocycles. The number of nitrogens with one attached hydrogen (secondary N) is 1. The molecule has 1 aromatic heterocycles. The van der Waals surface area contributed by atoms with Gasteiger partial charge in [-0.1, -0.05) is 44.2 Å². The highest BCUT2D eigenvalue weighted by Gasteiger charge is 2.27. The molecule has 0 aliphatic heterocycles. The maximum Gasteiger partial charge on any atom is 0.318 e. The predicted molar refractivity (Wildman–Crippen MR) is 122 cm³/mol. The largest absolute Gasteiger partial charge is 0.335 e. The highest BCUT2D eigenvalue weighted by Crippen LogP contribution is 2.24. The number of halogens is 1. The summed E-state index contributed by atoms with van der Waals surface area (Å²) in [6, 6.07) is 4.99. The van der Waals surface area contributed by atoms with E-state index in [4.69, 9.17) is 16.6 Å². The molecule has 0 spiro atoms. The molecule has 7 heteroatoms. The van der Waals surface area contributed by atoms with Crippen LogP contribution in [0.4, 0.5) is 4.79 Å². The van der Waals surface area contributed by atoms with Crippen molar-refractivity contribution in [2.75, 3.05) is 6.54 Å². The topological polar surface area (TPSA) is 67.2 Å². The lowest BCUT2D eigenvalue weighted by Crippen LogP contribution is -2.47. The van der Waals surface area contributed by atoms with Crippen LogP contribution in [0.3, 0.4) is 0 Å². The zero-order valence-electron chi connectivity index (χ0n) is 18.3. The van der Waals surface area contributed by atoms with Crippen molar-refractivity contribution >= 4 is 28.5 Å². The zero-order valence-corrected chi connectivity index (χ0v) is 19.0. The summed E-state index contributed by atoms with van der Waals surface area (Å²) in [7, 11) is 0. The maximum atomic E-state index is 13.2. The summed E-state index contributed by atoms with van der Waals surface area (Å²) in [6.07, 6.45) is 7.53. The summed E-state index contributed by atoms with van der Waals surface area (Å²) in [5.74, 6) is 0.604. The van der Waals surface area contributed by atoms with Crippen LogP contribution in [-0.2, 0) is 6.54 Å². The van der Waals surface area contributed by atoms with Gasteiger partial charge in [0.25, 0.3) is 5.56 Å². The number of carbonyl (C=O) groups excluding carboxylic acids is 1. The molecular weight excluding hydrogens is 400 g/mol. The van der Waals surface area contributed by atoms with Crippen LogP contribution in [0.1, 0.15) is 77.6 Å². The van der Waals surface area contributed by atoms with Gasteiger partial charge >= 0.3 is 6.03 Å². The summed E-state index contributed by atoms with van der Waals surface area (Å²) < 4.78 is 1.67. The van der Waals surface area contributed by atoms with Gasteiger partial charge in [-0.05, 0) is 51.3 Å². The number of urea groups is 1. The first-order valence-corrected chi connectivity index (χ1v) is 11.6. The van der Waals surface area contributed by atoms with E-state index in [1.54, 1.807) is 22.8 Å². The average Bonchev–Trinajstić information content (AvgIpc) is 2.74. The SMILES string of the molecule is CCCCN(C(=O)NC1CCCCC1)C(C)c1nc2cc(Cl)ccc2c(=O)n1CC. The lowest BCUT2D eigenvalue weighted by atomic mass is 9.96. The van der Waals surface area contributed by atoms with Crippen molar-refractivity contribution in [3.8, 4) is 0 Å². The molecule has 6 nitrogen and oxygen atoms in total. The van der Waals surface area contributed by atoms with Crippen molar-refractivity contribution < 1.29 is 4.79 Å². The van der Waals surface area contributed by atoms with E-state index in [2.05, 4.69) is 12.2 Å². The molecule has 1 atom stereocenters. The summed E-state index contributed by atoms with van der Waals surface area (Å²) in [4.78, 5) is 32.9. The van der Waals surface area contributed by atoms with E-state index >= 15 is 0 Å². The molecule has 164 valence electrons. The Hall–Kier alpha value is -2.08. The first kappa shape index (κ1) is 22.6. The molecule has 1 fully saturated rings. The van der Waals surface area contributed by atoms with Crippen molar-refractivity contribution in [1.29, 1.82) is 0 Å². The van der Waals surface area contributed by atoms with E-state index in [1.807, 2.05) is 18.7 Å². The molecule has 1 heterocycles. The monoisotopic (exact) mass is 432 g/mol. The Kier molecular flexibility index (Phi) is 7.75. The minimum absolute atomic E-state index is 0.0639.